The van der Waals surface area contributed by atoms with Crippen molar-refractivity contribution in [3.05, 3.63) is 68.6 Å². The lowest BCUT2D eigenvalue weighted by Crippen LogP contribution is -2.14. The number of nitro groups is 1. The Morgan fingerprint density at radius 3 is 2.77 bits per heavy atom. The first-order valence-electron chi connectivity index (χ1n) is 9.02. The predicted molar refractivity (Wildman–Crippen MR) is 113 cm³/mol. The first-order chi connectivity index (χ1) is 14.4. The second kappa shape index (κ2) is 7.67. The molecular weight excluding hydrogens is 454 g/mol. The van der Waals surface area contributed by atoms with E-state index in [0.717, 1.165) is 10.0 Å². The van der Waals surface area contributed by atoms with Crippen molar-refractivity contribution in [1.29, 1.82) is 0 Å². The number of carbonyl (C=O) groups is 1. The number of anilines is 1. The van der Waals surface area contributed by atoms with Crippen molar-refractivity contribution in [2.24, 2.45) is 0 Å². The smallest absolute Gasteiger partial charge is 0.293 e. The zero-order valence-electron chi connectivity index (χ0n) is 16.0. The van der Waals surface area contributed by atoms with Crippen molar-refractivity contribution in [1.82, 2.24) is 24.4 Å². The van der Waals surface area contributed by atoms with Crippen LogP contribution in [0.3, 0.4) is 0 Å². The van der Waals surface area contributed by atoms with Crippen LogP contribution in [0, 0.1) is 17.0 Å². The topological polar surface area (TPSA) is 120 Å². The number of amides is 1. The summed E-state index contributed by atoms with van der Waals surface area (Å²) >= 11 is 3.50. The summed E-state index contributed by atoms with van der Waals surface area (Å²) in [5, 5.41) is 22.7. The summed E-state index contributed by atoms with van der Waals surface area (Å²) in [5.74, 6) is -0.573. The van der Waals surface area contributed by atoms with Crippen LogP contribution in [0.4, 0.5) is 11.4 Å². The number of nitrogens with one attached hydrogen (secondary N) is 1. The molecule has 1 amide bonds. The minimum Gasteiger partial charge on any atom is -0.315 e. The summed E-state index contributed by atoms with van der Waals surface area (Å²) in [6.07, 6.45) is 3.46. The van der Waals surface area contributed by atoms with E-state index in [9.17, 15) is 14.9 Å². The third-order valence-corrected chi connectivity index (χ3v) is 5.05. The third kappa shape index (κ3) is 3.54. The van der Waals surface area contributed by atoms with Gasteiger partial charge in [-0.05, 0) is 47.5 Å². The van der Waals surface area contributed by atoms with Crippen LogP contribution in [0.1, 0.15) is 23.0 Å². The molecule has 152 valence electrons. The van der Waals surface area contributed by atoms with Gasteiger partial charge in [-0.2, -0.15) is 10.2 Å². The molecule has 0 aliphatic carbocycles. The zero-order chi connectivity index (χ0) is 21.4. The zero-order valence-corrected chi connectivity index (χ0v) is 17.6. The molecule has 4 aromatic rings. The normalized spacial score (nSPS) is 11.0. The summed E-state index contributed by atoms with van der Waals surface area (Å²) in [6.45, 7) is 4.42. The molecule has 1 aromatic carbocycles. The number of rotatable bonds is 5. The molecule has 3 heterocycles. The van der Waals surface area contributed by atoms with Crippen molar-refractivity contribution in [3.63, 3.8) is 0 Å². The van der Waals surface area contributed by atoms with E-state index in [0.29, 0.717) is 23.6 Å². The summed E-state index contributed by atoms with van der Waals surface area (Å²) in [7, 11) is 0. The number of benzene rings is 1. The highest BCUT2D eigenvalue weighted by Crippen LogP contribution is 2.28. The number of hydrogen-bond donors (Lipinski definition) is 1. The van der Waals surface area contributed by atoms with E-state index >= 15 is 0 Å². The van der Waals surface area contributed by atoms with Crippen molar-refractivity contribution in [2.45, 2.75) is 20.4 Å². The first-order valence-corrected chi connectivity index (χ1v) is 9.81. The summed E-state index contributed by atoms with van der Waals surface area (Å²) in [4.78, 5) is 27.8. The highest BCUT2D eigenvalue weighted by atomic mass is 79.9. The first kappa shape index (κ1) is 19.7. The highest BCUT2D eigenvalue weighted by Gasteiger charge is 2.20. The fraction of sp³-hybridized carbons (Fsp3) is 0.158. The molecule has 0 aliphatic rings. The Bertz CT molecular complexity index is 1290. The van der Waals surface area contributed by atoms with Crippen LogP contribution in [0.5, 0.6) is 0 Å². The number of halogens is 1. The maximum atomic E-state index is 12.7. The quantitative estimate of drug-likeness (QED) is 0.350. The largest absolute Gasteiger partial charge is 0.315 e. The summed E-state index contributed by atoms with van der Waals surface area (Å²) < 4.78 is 4.08. The molecule has 0 unspecified atom stereocenters. The van der Waals surface area contributed by atoms with Crippen molar-refractivity contribution >= 4 is 38.9 Å². The van der Waals surface area contributed by atoms with Gasteiger partial charge in [-0.15, -0.1) is 0 Å². The van der Waals surface area contributed by atoms with Gasteiger partial charge in [-0.25, -0.2) is 9.50 Å². The predicted octanol–water partition coefficient (Wildman–Crippen LogP) is 3.84. The maximum absolute atomic E-state index is 12.7. The van der Waals surface area contributed by atoms with E-state index in [-0.39, 0.29) is 17.1 Å². The number of hydrogen-bond acceptors (Lipinski definition) is 6. The van der Waals surface area contributed by atoms with Crippen molar-refractivity contribution in [3.8, 4) is 11.4 Å². The third-order valence-electron chi connectivity index (χ3n) is 4.47. The molecule has 0 spiro atoms. The molecule has 0 radical (unpaired) electrons. The maximum Gasteiger partial charge on any atom is 0.293 e. The Morgan fingerprint density at radius 2 is 2.07 bits per heavy atom. The van der Waals surface area contributed by atoms with Gasteiger partial charge >= 0.3 is 0 Å². The average Bonchev–Trinajstić information content (AvgIpc) is 3.32. The Balaban J connectivity index is 1.72. The van der Waals surface area contributed by atoms with Crippen molar-refractivity contribution in [2.75, 3.05) is 5.32 Å². The lowest BCUT2D eigenvalue weighted by Gasteiger charge is -2.05. The molecular formula is C19H16BrN7O3. The van der Waals surface area contributed by atoms with E-state index in [1.54, 1.807) is 29.9 Å². The Labute approximate surface area is 178 Å². The monoisotopic (exact) mass is 469 g/mol. The second-order valence-electron chi connectivity index (χ2n) is 6.54. The standard InChI is InChI=1S/C19H16BrN7O3/c1-3-25-10-12(20)18(24-25)15-6-7-21-17-9-14(23-26(15)17)19(28)22-13-5-4-11(2)8-16(13)27(29)30/h4-10H,3H2,1-2H3,(H,22,28). The Kier molecular flexibility index (Phi) is 5.04. The molecule has 0 atom stereocenters. The van der Waals surface area contributed by atoms with Gasteiger partial charge in [0.1, 0.15) is 11.4 Å². The van der Waals surface area contributed by atoms with Crippen LogP contribution >= 0.6 is 15.9 Å². The fourth-order valence-corrected chi connectivity index (χ4v) is 3.52. The average molecular weight is 470 g/mol. The van der Waals surface area contributed by atoms with Crippen molar-refractivity contribution < 1.29 is 9.72 Å². The van der Waals surface area contributed by atoms with Gasteiger partial charge in [-0.1, -0.05) is 6.07 Å². The lowest BCUT2D eigenvalue weighted by molar-refractivity contribution is -0.384. The van der Waals surface area contributed by atoms with E-state index in [2.05, 4.69) is 36.4 Å². The van der Waals surface area contributed by atoms with E-state index in [1.165, 1.54) is 22.7 Å². The second-order valence-corrected chi connectivity index (χ2v) is 7.40. The molecule has 4 rings (SSSR count). The van der Waals surface area contributed by atoms with Crippen LogP contribution in [0.2, 0.25) is 0 Å². The molecule has 30 heavy (non-hydrogen) atoms. The summed E-state index contributed by atoms with van der Waals surface area (Å²) in [6, 6.07) is 7.86. The van der Waals surface area contributed by atoms with Gasteiger partial charge in [0.2, 0.25) is 0 Å². The molecule has 0 saturated carbocycles. The minimum atomic E-state index is -0.573. The van der Waals surface area contributed by atoms with Gasteiger partial charge in [0.25, 0.3) is 11.6 Å². The van der Waals surface area contributed by atoms with E-state index in [1.807, 2.05) is 13.1 Å². The molecule has 11 heteroatoms. The van der Waals surface area contributed by atoms with Crippen LogP contribution < -0.4 is 5.32 Å². The number of nitrogens with zero attached hydrogens (tertiary/aromatic N) is 6. The molecule has 0 bridgehead atoms. The number of nitro benzene ring substituents is 1. The number of fused-ring (bicyclic) bond motifs is 1. The number of aryl methyl sites for hydroxylation is 2. The van der Waals surface area contributed by atoms with E-state index in [4.69, 9.17) is 0 Å². The van der Waals surface area contributed by atoms with Gasteiger partial charge < -0.3 is 5.32 Å². The van der Waals surface area contributed by atoms with Gasteiger partial charge in [0.05, 0.1) is 15.1 Å². The SMILES string of the molecule is CCn1cc(Br)c(-c2ccnc3cc(C(=O)Nc4ccc(C)cc4[N+](=O)[O-])nn23)n1. The van der Waals surface area contributed by atoms with Crippen LogP contribution in [-0.4, -0.2) is 35.2 Å². The minimum absolute atomic E-state index is 0.0795. The van der Waals surface area contributed by atoms with Gasteiger partial charge in [0.15, 0.2) is 11.3 Å². The fourth-order valence-electron chi connectivity index (χ4n) is 3.00. The summed E-state index contributed by atoms with van der Waals surface area (Å²) in [5.41, 5.74) is 2.49. The lowest BCUT2D eigenvalue weighted by atomic mass is 10.2. The van der Waals surface area contributed by atoms with E-state index < -0.39 is 10.8 Å². The molecule has 10 nitrogen and oxygen atoms in total. The molecule has 0 saturated heterocycles. The number of aromatic nitrogens is 5. The van der Waals surface area contributed by atoms with Crippen LogP contribution in [0.25, 0.3) is 17.0 Å². The van der Waals surface area contributed by atoms with Gasteiger partial charge in [-0.3, -0.25) is 19.6 Å². The molecule has 3 aromatic heterocycles. The Morgan fingerprint density at radius 1 is 1.27 bits per heavy atom. The van der Waals surface area contributed by atoms with Crippen LogP contribution in [0.15, 0.2) is 47.2 Å². The van der Waals surface area contributed by atoms with Crippen LogP contribution in [-0.2, 0) is 6.54 Å². The van der Waals surface area contributed by atoms with Gasteiger partial charge in [0, 0.05) is 31.1 Å². The molecule has 0 aliphatic heterocycles. The Hall–Kier alpha value is -3.60. The molecule has 0 fully saturated rings. The molecule has 1 N–H and O–H groups in total. The highest BCUT2D eigenvalue weighted by molar-refractivity contribution is 9.10. The number of carbonyl (C=O) groups excluding carboxylic acids is 1.